The first kappa shape index (κ1) is 15.6. The van der Waals surface area contributed by atoms with Gasteiger partial charge in [-0.25, -0.2) is 0 Å². The first-order valence-electron chi connectivity index (χ1n) is 9.00. The molecule has 2 aliphatic heterocycles. The third-order valence-electron chi connectivity index (χ3n) is 5.88. The van der Waals surface area contributed by atoms with E-state index in [2.05, 4.69) is 22.0 Å². The van der Waals surface area contributed by atoms with Crippen LogP contribution in [0.15, 0.2) is 30.3 Å². The Balaban J connectivity index is 1.61. The number of nitrogens with zero attached hydrogens (tertiary/aromatic N) is 1. The van der Waals surface area contributed by atoms with Gasteiger partial charge in [0.1, 0.15) is 5.75 Å². The van der Waals surface area contributed by atoms with Crippen molar-refractivity contribution in [3.8, 4) is 17.2 Å². The number of nitrogens with one attached hydrogen (secondary N) is 1. The molecule has 0 amide bonds. The molecule has 0 saturated carbocycles. The number of benzene rings is 2. The molecule has 5 rings (SSSR count). The number of phenols is 1. The highest BCUT2D eigenvalue weighted by molar-refractivity contribution is 5.86. The topological polar surface area (TPSA) is 57.7 Å². The van der Waals surface area contributed by atoms with Crippen LogP contribution in [0.25, 0.3) is 10.9 Å². The second kappa shape index (κ2) is 5.68. The molecular weight excluding hydrogens is 328 g/mol. The average Bonchev–Trinajstić information content (AvgIpc) is 3.04. The minimum atomic E-state index is 0.222. The number of hydrogen-bond donors (Lipinski definition) is 2. The summed E-state index contributed by atoms with van der Waals surface area (Å²) in [6.45, 7) is 1.80. The molecule has 1 atom stereocenters. The lowest BCUT2D eigenvalue weighted by Crippen LogP contribution is -2.39. The van der Waals surface area contributed by atoms with Gasteiger partial charge < -0.3 is 19.6 Å². The molecular formula is C21H22N2O3. The summed E-state index contributed by atoms with van der Waals surface area (Å²) in [6.07, 6.45) is 1.93. The normalized spacial score (nSPS) is 18.9. The smallest absolute Gasteiger partial charge is 0.165 e. The molecule has 5 nitrogen and oxygen atoms in total. The number of H-pyrrole nitrogens is 1. The predicted molar refractivity (Wildman–Crippen MR) is 100 cm³/mol. The molecule has 3 aromatic rings. The van der Waals surface area contributed by atoms with Crippen LogP contribution in [0, 0.1) is 0 Å². The number of aromatic amines is 1. The molecule has 1 aromatic heterocycles. The fraction of sp³-hybridized carbons (Fsp3) is 0.333. The van der Waals surface area contributed by atoms with Crippen molar-refractivity contribution < 1.29 is 14.6 Å². The van der Waals surface area contributed by atoms with Crippen LogP contribution in [0.4, 0.5) is 0 Å². The molecule has 5 heteroatoms. The summed E-state index contributed by atoms with van der Waals surface area (Å²) in [6, 6.07) is 10.4. The molecule has 3 heterocycles. The fourth-order valence-electron chi connectivity index (χ4n) is 4.60. The zero-order chi connectivity index (χ0) is 17.8. The van der Waals surface area contributed by atoms with Crippen LogP contribution in [-0.2, 0) is 19.4 Å². The van der Waals surface area contributed by atoms with Gasteiger partial charge in [0, 0.05) is 35.2 Å². The molecule has 2 aliphatic rings. The summed E-state index contributed by atoms with van der Waals surface area (Å²) in [5.74, 6) is 1.74. The lowest BCUT2D eigenvalue weighted by molar-refractivity contribution is 0.155. The molecule has 0 saturated heterocycles. The molecule has 1 unspecified atom stereocenters. The van der Waals surface area contributed by atoms with Crippen molar-refractivity contribution in [1.82, 2.24) is 9.88 Å². The van der Waals surface area contributed by atoms with Gasteiger partial charge >= 0.3 is 0 Å². The van der Waals surface area contributed by atoms with E-state index >= 15 is 0 Å². The van der Waals surface area contributed by atoms with Gasteiger partial charge in [0.15, 0.2) is 11.5 Å². The minimum absolute atomic E-state index is 0.222. The number of methoxy groups -OCH3 is 2. The molecule has 0 radical (unpaired) electrons. The van der Waals surface area contributed by atoms with Crippen LogP contribution in [0.1, 0.15) is 28.4 Å². The Morgan fingerprint density at radius 3 is 2.81 bits per heavy atom. The lowest BCUT2D eigenvalue weighted by atomic mass is 9.86. The molecule has 26 heavy (non-hydrogen) atoms. The van der Waals surface area contributed by atoms with Crippen molar-refractivity contribution in [2.45, 2.75) is 25.4 Å². The highest BCUT2D eigenvalue weighted by Crippen LogP contribution is 2.44. The predicted octanol–water partition coefficient (Wildman–Crippen LogP) is 3.55. The largest absolute Gasteiger partial charge is 0.504 e. The Morgan fingerprint density at radius 1 is 1.12 bits per heavy atom. The van der Waals surface area contributed by atoms with Crippen molar-refractivity contribution in [3.05, 3.63) is 52.7 Å². The first-order chi connectivity index (χ1) is 12.7. The van der Waals surface area contributed by atoms with Crippen molar-refractivity contribution in [3.63, 3.8) is 0 Å². The quantitative estimate of drug-likeness (QED) is 0.742. The molecule has 0 fully saturated rings. The van der Waals surface area contributed by atoms with E-state index in [0.717, 1.165) is 37.2 Å². The van der Waals surface area contributed by atoms with E-state index in [0.29, 0.717) is 11.8 Å². The second-order valence-electron chi connectivity index (χ2n) is 7.12. The molecule has 134 valence electrons. The summed E-state index contributed by atoms with van der Waals surface area (Å²) in [4.78, 5) is 6.14. The number of ether oxygens (including phenoxy) is 2. The number of aromatic hydroxyl groups is 1. The standard InChI is InChI=1S/C21H22N2O3/c1-25-13-4-5-17-15(10-13)14-7-8-23-11-16-12(9-18(23)20(14)22-17)3-6-19(24)21(16)26-2/h3-6,10,18,22,24H,7-9,11H2,1-2H3. The highest BCUT2D eigenvalue weighted by Gasteiger charge is 2.35. The summed E-state index contributed by atoms with van der Waals surface area (Å²) in [5, 5.41) is 11.4. The highest BCUT2D eigenvalue weighted by atomic mass is 16.5. The third-order valence-corrected chi connectivity index (χ3v) is 5.88. The van der Waals surface area contributed by atoms with Gasteiger partial charge in [0.2, 0.25) is 0 Å². The van der Waals surface area contributed by atoms with Crippen molar-refractivity contribution in [2.24, 2.45) is 0 Å². The van der Waals surface area contributed by atoms with Crippen molar-refractivity contribution in [1.29, 1.82) is 0 Å². The third kappa shape index (κ3) is 2.13. The van der Waals surface area contributed by atoms with Crippen molar-refractivity contribution >= 4 is 10.9 Å². The SMILES string of the molecule is COc1ccc2[nH]c3c(c2c1)CCN1Cc2c(ccc(O)c2OC)CC31. The Kier molecular flexibility index (Phi) is 3.40. The van der Waals surface area contributed by atoms with Gasteiger partial charge in [-0.3, -0.25) is 4.90 Å². The zero-order valence-corrected chi connectivity index (χ0v) is 15.0. The average molecular weight is 350 g/mol. The molecule has 2 N–H and O–H groups in total. The number of aromatic nitrogens is 1. The van der Waals surface area contributed by atoms with Gasteiger partial charge in [-0.1, -0.05) is 6.07 Å². The summed E-state index contributed by atoms with van der Waals surface area (Å²) in [5.41, 5.74) is 6.27. The zero-order valence-electron chi connectivity index (χ0n) is 15.0. The number of rotatable bonds is 2. The molecule has 0 aliphatic carbocycles. The van der Waals surface area contributed by atoms with E-state index in [-0.39, 0.29) is 5.75 Å². The maximum atomic E-state index is 10.1. The molecule has 2 aromatic carbocycles. The monoisotopic (exact) mass is 350 g/mol. The Bertz CT molecular complexity index is 1010. The number of phenolic OH excluding ortho intramolecular Hbond substituents is 1. The van der Waals surface area contributed by atoms with E-state index < -0.39 is 0 Å². The summed E-state index contributed by atoms with van der Waals surface area (Å²) >= 11 is 0. The van der Waals surface area contributed by atoms with Gasteiger partial charge in [-0.15, -0.1) is 0 Å². The maximum Gasteiger partial charge on any atom is 0.165 e. The van der Waals surface area contributed by atoms with Crippen LogP contribution in [-0.4, -0.2) is 35.8 Å². The van der Waals surface area contributed by atoms with Crippen LogP contribution < -0.4 is 9.47 Å². The van der Waals surface area contributed by atoms with Crippen LogP contribution in [0.2, 0.25) is 0 Å². The van der Waals surface area contributed by atoms with Crippen LogP contribution in [0.3, 0.4) is 0 Å². The van der Waals surface area contributed by atoms with E-state index in [1.165, 1.54) is 27.7 Å². The van der Waals surface area contributed by atoms with E-state index in [1.807, 2.05) is 12.1 Å². The lowest BCUT2D eigenvalue weighted by Gasteiger charge is -2.40. The fourth-order valence-corrected chi connectivity index (χ4v) is 4.60. The Hall–Kier alpha value is -2.66. The molecule has 0 bridgehead atoms. The second-order valence-corrected chi connectivity index (χ2v) is 7.12. The van der Waals surface area contributed by atoms with E-state index in [1.54, 1.807) is 20.3 Å². The van der Waals surface area contributed by atoms with Gasteiger partial charge in [0.25, 0.3) is 0 Å². The van der Waals surface area contributed by atoms with E-state index in [9.17, 15) is 5.11 Å². The van der Waals surface area contributed by atoms with Gasteiger partial charge in [-0.2, -0.15) is 0 Å². The molecule has 0 spiro atoms. The van der Waals surface area contributed by atoms with Gasteiger partial charge in [-0.05, 0) is 48.2 Å². The minimum Gasteiger partial charge on any atom is -0.504 e. The van der Waals surface area contributed by atoms with E-state index in [4.69, 9.17) is 9.47 Å². The summed E-state index contributed by atoms with van der Waals surface area (Å²) in [7, 11) is 3.34. The van der Waals surface area contributed by atoms with Gasteiger partial charge in [0.05, 0.1) is 20.3 Å². The number of hydrogen-bond acceptors (Lipinski definition) is 4. The number of fused-ring (bicyclic) bond motifs is 6. The first-order valence-corrected chi connectivity index (χ1v) is 9.00. The Labute approximate surface area is 152 Å². The van der Waals surface area contributed by atoms with Crippen molar-refractivity contribution in [2.75, 3.05) is 20.8 Å². The summed E-state index contributed by atoms with van der Waals surface area (Å²) < 4.78 is 10.9. The Morgan fingerprint density at radius 2 is 2.00 bits per heavy atom. The van der Waals surface area contributed by atoms with Crippen LogP contribution in [0.5, 0.6) is 17.2 Å². The maximum absolute atomic E-state index is 10.1. The van der Waals surface area contributed by atoms with Crippen LogP contribution >= 0.6 is 0 Å².